The number of nitrogens with zero attached hydrogens (tertiary/aromatic N) is 1. The number of carbonyl (C=O) groups is 10. The maximum atomic E-state index is 14.3. The SMILES string of the molecule is CCCCO[C@@H]1C[C@H]2[C@@H]3CCC4=CC(=O)C=C[C@]4(C)[C@H]3[C@@H](O)C[C@]2(C)[C@@]1(O)C(=O)COCNC(=O)CNC(=O)[C@H](Cc1ccccc1)NC(=O)CNC(=O)CNC(=O)CCc1ccc(N2C(=O)C=CC2=O)cc1OCCCC(=O)O. The van der Waals surface area contributed by atoms with Gasteiger partial charge in [0.1, 0.15) is 25.1 Å². The molecule has 0 spiro atoms. The first kappa shape index (κ1) is 60.2. The van der Waals surface area contributed by atoms with E-state index in [1.54, 1.807) is 48.6 Å². The van der Waals surface area contributed by atoms with Gasteiger partial charge in [-0.15, -0.1) is 0 Å². The number of anilines is 1. The number of benzene rings is 2. The fourth-order valence-electron chi connectivity index (χ4n) is 12.3. The number of carboxylic acid groups (broad SMARTS) is 1. The number of aliphatic hydroxyl groups is 2. The highest BCUT2D eigenvalue weighted by molar-refractivity contribution is 6.28. The number of rotatable bonds is 28. The number of aliphatic hydroxyl groups excluding tert-OH is 1. The maximum absolute atomic E-state index is 14.3. The van der Waals surface area contributed by atoms with Crippen molar-refractivity contribution in [3.63, 3.8) is 0 Å². The summed E-state index contributed by atoms with van der Waals surface area (Å²) in [6.07, 6.45) is 8.98. The normalized spacial score (nSPS) is 25.8. The number of allylic oxidation sites excluding steroid dienone is 4. The molecular formula is C58H72N6O16. The molecule has 7 rings (SSSR count). The number of hydrogen-bond donors (Lipinski definition) is 8. The van der Waals surface area contributed by atoms with Gasteiger partial charge in [0.05, 0.1) is 44.1 Å². The number of carboxylic acids is 1. The van der Waals surface area contributed by atoms with Gasteiger partial charge in [-0.1, -0.05) is 75.2 Å². The molecule has 0 aromatic heterocycles. The minimum absolute atomic E-state index is 0.00522. The summed E-state index contributed by atoms with van der Waals surface area (Å²) >= 11 is 0. The summed E-state index contributed by atoms with van der Waals surface area (Å²) < 4.78 is 17.7. The van der Waals surface area contributed by atoms with E-state index in [1.807, 2.05) is 26.8 Å². The van der Waals surface area contributed by atoms with E-state index in [1.165, 1.54) is 12.1 Å². The van der Waals surface area contributed by atoms with Crippen molar-refractivity contribution in [1.82, 2.24) is 26.6 Å². The first-order chi connectivity index (χ1) is 38.2. The summed E-state index contributed by atoms with van der Waals surface area (Å²) in [5, 5.41) is 46.0. The summed E-state index contributed by atoms with van der Waals surface area (Å²) in [6, 6.07) is 12.1. The van der Waals surface area contributed by atoms with Gasteiger partial charge in [0, 0.05) is 60.8 Å². The zero-order valence-electron chi connectivity index (χ0n) is 45.3. The number of imide groups is 1. The van der Waals surface area contributed by atoms with Gasteiger partial charge in [-0.3, -0.25) is 47.9 Å². The number of hydrogen-bond acceptors (Lipinski definition) is 15. The van der Waals surface area contributed by atoms with Crippen LogP contribution in [0.4, 0.5) is 5.69 Å². The molecule has 0 saturated heterocycles. The smallest absolute Gasteiger partial charge is 0.303 e. The van der Waals surface area contributed by atoms with Crippen LogP contribution in [0.3, 0.4) is 0 Å². The van der Waals surface area contributed by atoms with Gasteiger partial charge in [0.2, 0.25) is 29.5 Å². The first-order valence-electron chi connectivity index (χ1n) is 27.2. The van der Waals surface area contributed by atoms with Gasteiger partial charge in [-0.05, 0) is 86.1 Å². The topological polar surface area (TPSA) is 322 Å². The zero-order valence-corrected chi connectivity index (χ0v) is 45.3. The van der Waals surface area contributed by atoms with Crippen molar-refractivity contribution in [3.8, 4) is 5.75 Å². The van der Waals surface area contributed by atoms with E-state index >= 15 is 0 Å². The fraction of sp³-hybridized carbons (Fsp3) is 0.517. The molecular weight excluding hydrogens is 1040 g/mol. The molecule has 9 atom stereocenters. The van der Waals surface area contributed by atoms with Crippen molar-refractivity contribution in [2.75, 3.05) is 51.1 Å². The molecule has 3 fully saturated rings. The second-order valence-corrected chi connectivity index (χ2v) is 21.5. The highest BCUT2D eigenvalue weighted by Gasteiger charge is 2.72. The van der Waals surface area contributed by atoms with Crippen molar-refractivity contribution in [1.29, 1.82) is 0 Å². The Balaban J connectivity index is 0.865. The van der Waals surface area contributed by atoms with E-state index in [9.17, 15) is 58.2 Å². The lowest BCUT2D eigenvalue weighted by Crippen LogP contribution is -2.64. The van der Waals surface area contributed by atoms with Gasteiger partial charge in [0.15, 0.2) is 17.2 Å². The van der Waals surface area contributed by atoms with Crippen molar-refractivity contribution in [3.05, 3.63) is 95.6 Å². The minimum Gasteiger partial charge on any atom is -0.493 e. The van der Waals surface area contributed by atoms with Gasteiger partial charge in [-0.25, -0.2) is 4.90 Å². The van der Waals surface area contributed by atoms with Crippen LogP contribution < -0.4 is 36.2 Å². The summed E-state index contributed by atoms with van der Waals surface area (Å²) in [4.78, 5) is 128. The number of amides is 7. The Morgan fingerprint density at radius 3 is 2.25 bits per heavy atom. The standard InChI is InChI=1S/C58H72N6O16/c1-4-5-23-80-46-28-41-40-17-15-37-26-39(65)21-22-56(37,2)54(40)43(66)29-57(41,3)58(46,77)45(67)33-78-34-62-49(70)31-61-55(76)42(25-35-10-7-6-8-11-35)63-50(71)32-60-48(69)30-59-47(68)18-14-36-13-16-38(64-51(72)19-20-52(64)73)27-44(36)79-24-9-12-53(74)75/h6-8,10-11,13,16,19-22,26-27,40-43,46,54,66,77H,4-5,9,12,14-15,17-18,23-25,28-34H2,1-3H3,(H,59,68)(H,60,69)(H,61,76)(H,62,70)(H,63,71)(H,74,75)/t40-,41-,42-,43-,46+,54+,56-,57-,58+/m0/s1. The predicted molar refractivity (Wildman–Crippen MR) is 287 cm³/mol. The average molecular weight is 1110 g/mol. The first-order valence-corrected chi connectivity index (χ1v) is 27.2. The molecule has 2 aromatic carbocycles. The molecule has 430 valence electrons. The van der Waals surface area contributed by atoms with Crippen molar-refractivity contribution < 1.29 is 77.5 Å². The summed E-state index contributed by atoms with van der Waals surface area (Å²) in [6.45, 7) is 3.55. The monoisotopic (exact) mass is 1110 g/mol. The number of aliphatic carboxylic acids is 1. The van der Waals surface area contributed by atoms with Gasteiger partial charge in [0.25, 0.3) is 11.8 Å². The van der Waals surface area contributed by atoms with Crippen LogP contribution in [-0.2, 0) is 70.3 Å². The van der Waals surface area contributed by atoms with Crippen molar-refractivity contribution in [2.45, 2.75) is 115 Å². The lowest BCUT2D eigenvalue weighted by Gasteiger charge is -2.59. The van der Waals surface area contributed by atoms with Crippen LogP contribution in [0.2, 0.25) is 0 Å². The lowest BCUT2D eigenvalue weighted by molar-refractivity contribution is -0.196. The van der Waals surface area contributed by atoms with E-state index in [2.05, 4.69) is 26.6 Å². The molecule has 22 heteroatoms. The molecule has 1 aliphatic heterocycles. The number of ether oxygens (including phenoxy) is 3. The van der Waals surface area contributed by atoms with Crippen LogP contribution in [0.25, 0.3) is 0 Å². The molecule has 0 radical (unpaired) electrons. The molecule has 3 saturated carbocycles. The molecule has 4 aliphatic carbocycles. The third-order valence-corrected chi connectivity index (χ3v) is 16.3. The van der Waals surface area contributed by atoms with E-state index < -0.39 is 121 Å². The molecule has 5 aliphatic rings. The Labute approximate surface area is 463 Å². The third-order valence-electron chi connectivity index (χ3n) is 16.3. The highest BCUT2D eigenvalue weighted by atomic mass is 16.5. The number of fused-ring (bicyclic) bond motifs is 5. The lowest BCUT2D eigenvalue weighted by atomic mass is 9.46. The average Bonchev–Trinajstić information content (AvgIpc) is 3.36. The second kappa shape index (κ2) is 26.7. The number of Topliss-reactive ketones (excluding diaryl/α,β-unsaturated/α-hetero) is 1. The van der Waals surface area contributed by atoms with Crippen LogP contribution in [0.1, 0.15) is 89.7 Å². The molecule has 2 aromatic rings. The van der Waals surface area contributed by atoms with Crippen LogP contribution in [0.5, 0.6) is 5.75 Å². The number of ketones is 2. The Hall–Kier alpha value is -7.40. The molecule has 1 heterocycles. The van der Waals surface area contributed by atoms with Gasteiger partial charge in [-0.2, -0.15) is 0 Å². The van der Waals surface area contributed by atoms with Crippen molar-refractivity contribution in [2.24, 2.45) is 28.6 Å². The minimum atomic E-state index is -2.03. The molecule has 80 heavy (non-hydrogen) atoms. The van der Waals surface area contributed by atoms with Crippen molar-refractivity contribution >= 4 is 64.6 Å². The largest absolute Gasteiger partial charge is 0.493 e. The van der Waals surface area contributed by atoms with Crippen LogP contribution >= 0.6 is 0 Å². The Bertz CT molecular complexity index is 2780. The van der Waals surface area contributed by atoms with Crippen LogP contribution in [-0.4, -0.2) is 144 Å². The van der Waals surface area contributed by atoms with E-state index in [4.69, 9.17) is 19.3 Å². The highest BCUT2D eigenvalue weighted by Crippen LogP contribution is 2.67. The Kier molecular flexibility index (Phi) is 20.1. The van der Waals surface area contributed by atoms with E-state index in [0.717, 1.165) is 29.0 Å². The summed E-state index contributed by atoms with van der Waals surface area (Å²) in [5.41, 5.74) is -1.28. The quantitative estimate of drug-likeness (QED) is 0.0342. The fourth-order valence-corrected chi connectivity index (χ4v) is 12.3. The molecule has 8 N–H and O–H groups in total. The molecule has 22 nitrogen and oxygen atoms in total. The zero-order chi connectivity index (χ0) is 57.8. The molecule has 0 bridgehead atoms. The Morgan fingerprint density at radius 2 is 1.52 bits per heavy atom. The summed E-state index contributed by atoms with van der Waals surface area (Å²) in [5.74, 6) is -6.54. The van der Waals surface area contributed by atoms with Gasteiger partial charge < -0.3 is 56.1 Å². The van der Waals surface area contributed by atoms with Gasteiger partial charge >= 0.3 is 5.97 Å². The predicted octanol–water partition coefficient (Wildman–Crippen LogP) is 1.83. The number of aryl methyl sites for hydroxylation is 1. The maximum Gasteiger partial charge on any atom is 0.303 e. The van der Waals surface area contributed by atoms with E-state index in [0.29, 0.717) is 43.4 Å². The van der Waals surface area contributed by atoms with Crippen LogP contribution in [0.15, 0.2) is 84.5 Å². The second-order valence-electron chi connectivity index (χ2n) is 21.5. The third kappa shape index (κ3) is 13.9. The molecule has 0 unspecified atom stereocenters. The number of nitrogens with one attached hydrogen (secondary N) is 5. The number of carbonyl (C=O) groups excluding carboxylic acids is 9. The molecule has 7 amide bonds. The number of unbranched alkanes of at least 4 members (excludes halogenated alkanes) is 1. The van der Waals surface area contributed by atoms with Crippen LogP contribution in [0, 0.1) is 28.6 Å². The summed E-state index contributed by atoms with van der Waals surface area (Å²) in [7, 11) is 0. The Morgan fingerprint density at radius 1 is 0.825 bits per heavy atom. The van der Waals surface area contributed by atoms with E-state index in [-0.39, 0.29) is 80.1 Å².